The third-order valence-corrected chi connectivity index (χ3v) is 7.51. The topological polar surface area (TPSA) is 90.0 Å². The number of nitrogens with zero attached hydrogens (tertiary/aromatic N) is 2. The molecule has 33 heavy (non-hydrogen) atoms. The lowest BCUT2D eigenvalue weighted by Gasteiger charge is -2.39. The molecule has 3 aliphatic rings. The fourth-order valence-corrected chi connectivity index (χ4v) is 5.56. The molecule has 2 aromatic carbocycles. The SMILES string of the molecule is O=C1CCC(N2Cc3c(ccc(C4(O)CCN(Cc5ccccc5)CC4)c3Cl)C2=O)C(=O)N1. The van der Waals surface area contributed by atoms with Crippen LogP contribution in [-0.4, -0.2) is 51.8 Å². The standard InChI is InChI=1S/C25H26ClN3O4/c26-22-18-15-29(20-8-9-21(30)27-23(20)31)24(32)17(18)6-7-19(22)25(33)10-12-28(13-11-25)14-16-4-2-1-3-5-16/h1-7,20,33H,8-15H2,(H,27,30,31). The predicted molar refractivity (Wildman–Crippen MR) is 122 cm³/mol. The molecule has 7 nitrogen and oxygen atoms in total. The largest absolute Gasteiger partial charge is 0.385 e. The normalized spacial score (nSPS) is 22.9. The third-order valence-electron chi connectivity index (χ3n) is 7.08. The van der Waals surface area contributed by atoms with Crippen LogP contribution in [0.4, 0.5) is 0 Å². The van der Waals surface area contributed by atoms with E-state index in [1.807, 2.05) is 18.2 Å². The summed E-state index contributed by atoms with van der Waals surface area (Å²) in [5.41, 5.74) is 1.91. The number of carbonyl (C=O) groups is 3. The highest BCUT2D eigenvalue weighted by Gasteiger charge is 2.42. The second kappa shape index (κ2) is 8.56. The average molecular weight is 468 g/mol. The van der Waals surface area contributed by atoms with Crippen molar-refractivity contribution in [3.05, 3.63) is 69.7 Å². The molecule has 0 aromatic heterocycles. The van der Waals surface area contributed by atoms with Crippen molar-refractivity contribution in [3.63, 3.8) is 0 Å². The number of piperidine rings is 2. The molecule has 0 radical (unpaired) electrons. The molecule has 0 saturated carbocycles. The second-order valence-corrected chi connectivity index (χ2v) is 9.52. The number of carbonyl (C=O) groups excluding carboxylic acids is 3. The van der Waals surface area contributed by atoms with Crippen LogP contribution in [0.5, 0.6) is 0 Å². The number of nitrogens with one attached hydrogen (secondary N) is 1. The van der Waals surface area contributed by atoms with Gasteiger partial charge < -0.3 is 10.0 Å². The lowest BCUT2D eigenvalue weighted by atomic mass is 9.83. The van der Waals surface area contributed by atoms with E-state index in [2.05, 4.69) is 22.3 Å². The summed E-state index contributed by atoms with van der Waals surface area (Å²) in [5.74, 6) is -1.03. The number of rotatable bonds is 4. The molecule has 0 aliphatic carbocycles. The summed E-state index contributed by atoms with van der Waals surface area (Å²) in [4.78, 5) is 40.6. The predicted octanol–water partition coefficient (Wildman–Crippen LogP) is 2.58. The second-order valence-electron chi connectivity index (χ2n) is 9.15. The highest BCUT2D eigenvalue weighted by Crippen LogP contribution is 2.42. The van der Waals surface area contributed by atoms with Gasteiger partial charge in [-0.3, -0.25) is 24.6 Å². The summed E-state index contributed by atoms with van der Waals surface area (Å²) in [5, 5.41) is 14.2. The van der Waals surface area contributed by atoms with Crippen molar-refractivity contribution in [2.75, 3.05) is 13.1 Å². The van der Waals surface area contributed by atoms with E-state index in [-0.39, 0.29) is 24.8 Å². The smallest absolute Gasteiger partial charge is 0.255 e. The fraction of sp³-hybridized carbons (Fsp3) is 0.400. The van der Waals surface area contributed by atoms with E-state index in [0.29, 0.717) is 41.0 Å². The molecule has 2 aromatic rings. The molecule has 2 fully saturated rings. The van der Waals surface area contributed by atoms with Crippen LogP contribution in [0.15, 0.2) is 42.5 Å². The first-order valence-electron chi connectivity index (χ1n) is 11.3. The van der Waals surface area contributed by atoms with Crippen molar-refractivity contribution < 1.29 is 19.5 Å². The van der Waals surface area contributed by atoms with E-state index in [4.69, 9.17) is 11.6 Å². The Labute approximate surface area is 197 Å². The van der Waals surface area contributed by atoms with Gasteiger partial charge in [-0.25, -0.2) is 0 Å². The molecular formula is C25H26ClN3O4. The van der Waals surface area contributed by atoms with Gasteiger partial charge in [-0.05, 0) is 30.9 Å². The lowest BCUT2D eigenvalue weighted by Crippen LogP contribution is -2.52. The number of imide groups is 1. The Kier molecular flexibility index (Phi) is 5.72. The van der Waals surface area contributed by atoms with E-state index in [9.17, 15) is 19.5 Å². The minimum atomic E-state index is -1.07. The molecule has 2 N–H and O–H groups in total. The molecule has 3 aliphatic heterocycles. The molecule has 2 saturated heterocycles. The Bertz CT molecular complexity index is 1110. The van der Waals surface area contributed by atoms with E-state index in [1.54, 1.807) is 12.1 Å². The molecular weight excluding hydrogens is 442 g/mol. The van der Waals surface area contributed by atoms with Gasteiger partial charge in [0.1, 0.15) is 6.04 Å². The van der Waals surface area contributed by atoms with Crippen LogP contribution in [0.3, 0.4) is 0 Å². The van der Waals surface area contributed by atoms with Crippen LogP contribution in [-0.2, 0) is 28.3 Å². The molecule has 1 unspecified atom stereocenters. The highest BCUT2D eigenvalue weighted by atomic mass is 35.5. The summed E-state index contributed by atoms with van der Waals surface area (Å²) < 4.78 is 0. The van der Waals surface area contributed by atoms with Gasteiger partial charge in [-0.2, -0.15) is 0 Å². The van der Waals surface area contributed by atoms with Crippen LogP contribution in [0.1, 0.15) is 52.7 Å². The molecule has 3 amide bonds. The van der Waals surface area contributed by atoms with Gasteiger partial charge in [-0.15, -0.1) is 0 Å². The zero-order valence-electron chi connectivity index (χ0n) is 18.2. The molecule has 1 atom stereocenters. The summed E-state index contributed by atoms with van der Waals surface area (Å²) >= 11 is 6.77. The summed E-state index contributed by atoms with van der Waals surface area (Å²) in [6.07, 6.45) is 1.59. The Morgan fingerprint density at radius 1 is 1.06 bits per heavy atom. The van der Waals surface area contributed by atoms with Crippen LogP contribution < -0.4 is 5.32 Å². The molecule has 5 rings (SSSR count). The first kappa shape index (κ1) is 22.1. The fourth-order valence-electron chi connectivity index (χ4n) is 5.16. The first-order valence-corrected chi connectivity index (χ1v) is 11.7. The maximum Gasteiger partial charge on any atom is 0.255 e. The lowest BCUT2D eigenvalue weighted by molar-refractivity contribution is -0.136. The Morgan fingerprint density at radius 3 is 2.48 bits per heavy atom. The van der Waals surface area contributed by atoms with E-state index >= 15 is 0 Å². The average Bonchev–Trinajstić information content (AvgIpc) is 3.14. The summed E-state index contributed by atoms with van der Waals surface area (Å²) in [7, 11) is 0. The Morgan fingerprint density at radius 2 is 1.79 bits per heavy atom. The quantitative estimate of drug-likeness (QED) is 0.674. The molecule has 172 valence electrons. The Balaban J connectivity index is 1.32. The number of hydrogen-bond acceptors (Lipinski definition) is 5. The number of likely N-dealkylation sites (tertiary alicyclic amines) is 1. The van der Waals surface area contributed by atoms with Crippen LogP contribution >= 0.6 is 11.6 Å². The van der Waals surface area contributed by atoms with Gasteiger partial charge in [0.05, 0.1) is 10.6 Å². The Hall–Kier alpha value is -2.74. The third kappa shape index (κ3) is 4.05. The van der Waals surface area contributed by atoms with Crippen molar-refractivity contribution in [2.45, 2.75) is 50.4 Å². The van der Waals surface area contributed by atoms with Gasteiger partial charge in [0.25, 0.3) is 5.91 Å². The van der Waals surface area contributed by atoms with Gasteiger partial charge in [0, 0.05) is 49.3 Å². The van der Waals surface area contributed by atoms with Crippen molar-refractivity contribution in [1.82, 2.24) is 15.1 Å². The van der Waals surface area contributed by atoms with Crippen LogP contribution in [0.25, 0.3) is 0 Å². The van der Waals surface area contributed by atoms with Crippen molar-refractivity contribution >= 4 is 29.3 Å². The van der Waals surface area contributed by atoms with Crippen molar-refractivity contribution in [3.8, 4) is 0 Å². The number of fused-ring (bicyclic) bond motifs is 1. The zero-order chi connectivity index (χ0) is 23.2. The van der Waals surface area contributed by atoms with Gasteiger partial charge in [0.15, 0.2) is 0 Å². The number of amides is 3. The summed E-state index contributed by atoms with van der Waals surface area (Å²) in [6, 6.07) is 13.0. The number of aliphatic hydroxyl groups is 1. The molecule has 3 heterocycles. The van der Waals surface area contributed by atoms with E-state index in [1.165, 1.54) is 10.5 Å². The summed E-state index contributed by atoms with van der Waals surface area (Å²) in [6.45, 7) is 2.51. The number of benzene rings is 2. The van der Waals surface area contributed by atoms with E-state index < -0.39 is 17.6 Å². The monoisotopic (exact) mass is 467 g/mol. The molecule has 8 heteroatoms. The highest BCUT2D eigenvalue weighted by molar-refractivity contribution is 6.33. The minimum Gasteiger partial charge on any atom is -0.385 e. The maximum atomic E-state index is 13.0. The number of halogens is 1. The van der Waals surface area contributed by atoms with Gasteiger partial charge in [0.2, 0.25) is 11.8 Å². The van der Waals surface area contributed by atoms with Gasteiger partial charge >= 0.3 is 0 Å². The first-order chi connectivity index (χ1) is 15.9. The molecule has 0 spiro atoms. The van der Waals surface area contributed by atoms with Crippen molar-refractivity contribution in [2.24, 2.45) is 0 Å². The number of hydrogen-bond donors (Lipinski definition) is 2. The minimum absolute atomic E-state index is 0.198. The van der Waals surface area contributed by atoms with Crippen molar-refractivity contribution in [1.29, 1.82) is 0 Å². The van der Waals surface area contributed by atoms with E-state index in [0.717, 1.165) is 19.6 Å². The van der Waals surface area contributed by atoms with Crippen LogP contribution in [0, 0.1) is 0 Å². The zero-order valence-corrected chi connectivity index (χ0v) is 19.0. The van der Waals surface area contributed by atoms with Gasteiger partial charge in [-0.1, -0.05) is 48.0 Å². The van der Waals surface area contributed by atoms with Crippen LogP contribution in [0.2, 0.25) is 5.02 Å². The molecule has 0 bridgehead atoms. The maximum absolute atomic E-state index is 13.0.